The van der Waals surface area contributed by atoms with Crippen LogP contribution in [0.25, 0.3) is 0 Å². The second kappa shape index (κ2) is 8.24. The summed E-state index contributed by atoms with van der Waals surface area (Å²) in [6.07, 6.45) is 0.981. The highest BCUT2D eigenvalue weighted by Crippen LogP contribution is 2.19. The zero-order valence-corrected chi connectivity index (χ0v) is 13.2. The fraction of sp³-hybridized carbons (Fsp3) is 0.571. The van der Waals surface area contributed by atoms with Gasteiger partial charge in [0.1, 0.15) is 4.90 Å². The van der Waals surface area contributed by atoms with Crippen molar-refractivity contribution in [1.82, 2.24) is 4.72 Å². The minimum absolute atomic E-state index is 0.254. The van der Waals surface area contributed by atoms with Crippen LogP contribution in [0.15, 0.2) is 29.2 Å². The van der Waals surface area contributed by atoms with Gasteiger partial charge in [-0.2, -0.15) is 0 Å². The second-order valence-electron chi connectivity index (χ2n) is 4.94. The summed E-state index contributed by atoms with van der Waals surface area (Å²) in [4.78, 5) is 0.254. The van der Waals surface area contributed by atoms with E-state index in [0.717, 1.165) is 6.42 Å². The summed E-state index contributed by atoms with van der Waals surface area (Å²) < 4.78 is 32.2. The normalized spacial score (nSPS) is 11.8. The maximum absolute atomic E-state index is 12.1. The number of hydrogen-bond donors (Lipinski definition) is 2. The van der Waals surface area contributed by atoms with Crippen LogP contribution >= 0.6 is 0 Å². The molecule has 0 saturated heterocycles. The summed E-state index contributed by atoms with van der Waals surface area (Å²) in [5.74, 6) is 0.592. The highest BCUT2D eigenvalue weighted by Gasteiger charge is 2.16. The second-order valence-corrected chi connectivity index (χ2v) is 6.67. The van der Waals surface area contributed by atoms with Crippen LogP contribution in [0.1, 0.15) is 20.3 Å². The Labute approximate surface area is 121 Å². The number of hydrogen-bond acceptors (Lipinski definition) is 4. The molecule has 6 heteroatoms. The van der Waals surface area contributed by atoms with Gasteiger partial charge in [-0.05, 0) is 24.5 Å². The highest BCUT2D eigenvalue weighted by molar-refractivity contribution is 7.89. The lowest BCUT2D eigenvalue weighted by Gasteiger charge is -2.11. The number of benzene rings is 1. The lowest BCUT2D eigenvalue weighted by Crippen LogP contribution is -2.28. The van der Waals surface area contributed by atoms with E-state index in [1.165, 1.54) is 0 Å². The van der Waals surface area contributed by atoms with Gasteiger partial charge < -0.3 is 10.1 Å². The Morgan fingerprint density at radius 1 is 1.20 bits per heavy atom. The van der Waals surface area contributed by atoms with Crippen LogP contribution < -0.4 is 10.0 Å². The molecule has 0 aromatic heterocycles. The number of para-hydroxylation sites is 1. The smallest absolute Gasteiger partial charge is 0.242 e. The van der Waals surface area contributed by atoms with Crippen LogP contribution in [0.2, 0.25) is 0 Å². The Morgan fingerprint density at radius 2 is 1.90 bits per heavy atom. The van der Waals surface area contributed by atoms with E-state index in [4.69, 9.17) is 4.74 Å². The molecule has 0 amide bonds. The monoisotopic (exact) mass is 300 g/mol. The highest BCUT2D eigenvalue weighted by atomic mass is 32.2. The fourth-order valence-electron chi connectivity index (χ4n) is 1.65. The third-order valence-electron chi connectivity index (χ3n) is 2.82. The van der Waals surface area contributed by atoms with E-state index in [1.807, 2.05) is 0 Å². The van der Waals surface area contributed by atoms with E-state index >= 15 is 0 Å². The zero-order valence-electron chi connectivity index (χ0n) is 12.3. The number of ether oxygens (including phenoxy) is 1. The molecule has 0 spiro atoms. The van der Waals surface area contributed by atoms with E-state index in [9.17, 15) is 8.42 Å². The first kappa shape index (κ1) is 16.9. The molecule has 0 fully saturated rings. The van der Waals surface area contributed by atoms with Crippen LogP contribution in [0, 0.1) is 5.92 Å². The van der Waals surface area contributed by atoms with Crippen molar-refractivity contribution in [2.45, 2.75) is 25.2 Å². The molecule has 5 nitrogen and oxygen atoms in total. The van der Waals surface area contributed by atoms with Gasteiger partial charge in [0.05, 0.1) is 12.3 Å². The molecule has 2 N–H and O–H groups in total. The van der Waals surface area contributed by atoms with Crippen molar-refractivity contribution in [2.24, 2.45) is 5.92 Å². The Balaban J connectivity index is 2.46. The van der Waals surface area contributed by atoms with Crippen LogP contribution in [-0.2, 0) is 14.8 Å². The van der Waals surface area contributed by atoms with Gasteiger partial charge in [0.2, 0.25) is 10.0 Å². The predicted octanol–water partition coefficient (Wildman–Crippen LogP) is 2.07. The largest absolute Gasteiger partial charge is 0.387 e. The Hall–Kier alpha value is -1.11. The molecule has 1 aromatic carbocycles. The van der Waals surface area contributed by atoms with Crippen molar-refractivity contribution in [2.75, 3.05) is 32.1 Å². The van der Waals surface area contributed by atoms with Crippen molar-refractivity contribution < 1.29 is 13.2 Å². The van der Waals surface area contributed by atoms with Crippen LogP contribution in [0.3, 0.4) is 0 Å². The molecule has 1 aromatic rings. The lowest BCUT2D eigenvalue weighted by molar-refractivity contribution is 0.128. The van der Waals surface area contributed by atoms with E-state index in [-0.39, 0.29) is 11.4 Å². The topological polar surface area (TPSA) is 67.4 Å². The van der Waals surface area contributed by atoms with E-state index in [2.05, 4.69) is 23.9 Å². The van der Waals surface area contributed by atoms with E-state index < -0.39 is 10.0 Å². The third kappa shape index (κ3) is 5.48. The first-order chi connectivity index (χ1) is 9.47. The molecule has 1 rings (SSSR count). The van der Waals surface area contributed by atoms with Crippen molar-refractivity contribution in [3.8, 4) is 0 Å². The van der Waals surface area contributed by atoms with Crippen LogP contribution in [0.5, 0.6) is 0 Å². The minimum Gasteiger partial charge on any atom is -0.387 e. The molecule has 0 bridgehead atoms. The van der Waals surface area contributed by atoms with Gasteiger partial charge in [-0.15, -0.1) is 0 Å². The maximum atomic E-state index is 12.1. The van der Waals surface area contributed by atoms with Crippen LogP contribution in [-0.4, -0.2) is 35.2 Å². The molecule has 0 atom stereocenters. The molecule has 0 aliphatic rings. The molecule has 20 heavy (non-hydrogen) atoms. The van der Waals surface area contributed by atoms with Gasteiger partial charge in [0.15, 0.2) is 0 Å². The zero-order chi connectivity index (χ0) is 15.0. The average molecular weight is 300 g/mol. The minimum atomic E-state index is -3.50. The predicted molar refractivity (Wildman–Crippen MR) is 81.5 cm³/mol. The summed E-state index contributed by atoms with van der Waals surface area (Å²) in [5, 5.41) is 2.87. The van der Waals surface area contributed by atoms with Gasteiger partial charge in [-0.25, -0.2) is 13.1 Å². The third-order valence-corrected chi connectivity index (χ3v) is 4.34. The Bertz CT molecular complexity index is 501. The molecule has 0 saturated carbocycles. The standard InChI is InChI=1S/C14H24N2O3S/c1-12(2)8-10-19-11-9-16-20(17,18)14-7-5-4-6-13(14)15-3/h4-7,12,15-16H,8-11H2,1-3H3. The van der Waals surface area contributed by atoms with Crippen LogP contribution in [0.4, 0.5) is 5.69 Å². The van der Waals surface area contributed by atoms with Crippen molar-refractivity contribution in [3.05, 3.63) is 24.3 Å². The number of nitrogens with one attached hydrogen (secondary N) is 2. The number of sulfonamides is 1. The van der Waals surface area contributed by atoms with E-state index in [1.54, 1.807) is 31.3 Å². The quantitative estimate of drug-likeness (QED) is 0.685. The van der Waals surface area contributed by atoms with Crippen molar-refractivity contribution in [1.29, 1.82) is 0 Å². The summed E-state index contributed by atoms with van der Waals surface area (Å²) in [5.41, 5.74) is 0.584. The van der Waals surface area contributed by atoms with Gasteiger partial charge >= 0.3 is 0 Å². The van der Waals surface area contributed by atoms with Gasteiger partial charge in [0.25, 0.3) is 0 Å². The molecule has 0 radical (unpaired) electrons. The average Bonchev–Trinajstić information content (AvgIpc) is 2.42. The van der Waals surface area contributed by atoms with Gasteiger partial charge in [-0.3, -0.25) is 0 Å². The molecular formula is C14H24N2O3S. The maximum Gasteiger partial charge on any atom is 0.242 e. The Kier molecular flexibility index (Phi) is 6.98. The summed E-state index contributed by atoms with van der Waals surface area (Å²) >= 11 is 0. The van der Waals surface area contributed by atoms with Crippen molar-refractivity contribution in [3.63, 3.8) is 0 Å². The summed E-state index contributed by atoms with van der Waals surface area (Å²) in [7, 11) is -1.80. The molecule has 0 aliphatic heterocycles. The summed E-state index contributed by atoms with van der Waals surface area (Å²) in [6, 6.07) is 6.80. The molecule has 0 unspecified atom stereocenters. The van der Waals surface area contributed by atoms with E-state index in [0.29, 0.717) is 24.8 Å². The lowest BCUT2D eigenvalue weighted by atomic mass is 10.1. The number of anilines is 1. The number of rotatable bonds is 9. The fourth-order valence-corrected chi connectivity index (χ4v) is 2.88. The molecule has 0 aliphatic carbocycles. The molecular weight excluding hydrogens is 276 g/mol. The first-order valence-corrected chi connectivity index (χ1v) is 8.30. The molecule has 0 heterocycles. The van der Waals surface area contributed by atoms with Gasteiger partial charge in [0, 0.05) is 20.2 Å². The first-order valence-electron chi connectivity index (χ1n) is 6.81. The summed E-state index contributed by atoms with van der Waals surface area (Å²) in [6.45, 7) is 5.57. The van der Waals surface area contributed by atoms with Crippen molar-refractivity contribution >= 4 is 15.7 Å². The van der Waals surface area contributed by atoms with Gasteiger partial charge in [-0.1, -0.05) is 26.0 Å². The SMILES string of the molecule is CNc1ccccc1S(=O)(=O)NCCOCCC(C)C. The molecule has 114 valence electrons. The Morgan fingerprint density at radius 3 is 2.55 bits per heavy atom.